The van der Waals surface area contributed by atoms with Crippen LogP contribution in [-0.4, -0.2) is 10.2 Å². The smallest absolute Gasteiger partial charge is 0.176 e. The molecule has 94 valence electrons. The topological polar surface area (TPSA) is 49.7 Å². The highest BCUT2D eigenvalue weighted by Gasteiger charge is 2.09. The SMILES string of the molecule is Oc1ccc(Oc2c(O)ccc3ccccc23)cc1. The second kappa shape index (κ2) is 4.53. The number of phenolic OH excluding ortho intramolecular Hbond substituents is 2. The van der Waals surface area contributed by atoms with E-state index in [4.69, 9.17) is 4.74 Å². The molecule has 19 heavy (non-hydrogen) atoms. The Balaban J connectivity index is 2.09. The average Bonchev–Trinajstić information content (AvgIpc) is 2.44. The maximum absolute atomic E-state index is 9.95. The normalized spacial score (nSPS) is 10.5. The van der Waals surface area contributed by atoms with Crippen molar-refractivity contribution in [1.29, 1.82) is 0 Å². The van der Waals surface area contributed by atoms with Crippen LogP contribution in [0.2, 0.25) is 0 Å². The van der Waals surface area contributed by atoms with Gasteiger partial charge in [-0.05, 0) is 35.7 Å². The molecule has 3 aromatic carbocycles. The van der Waals surface area contributed by atoms with Gasteiger partial charge in [0.1, 0.15) is 11.5 Å². The zero-order valence-electron chi connectivity index (χ0n) is 10.1. The Kier molecular flexibility index (Phi) is 2.72. The first kappa shape index (κ1) is 11.4. The Morgan fingerprint density at radius 3 is 2.26 bits per heavy atom. The van der Waals surface area contributed by atoms with Crippen LogP contribution in [0.3, 0.4) is 0 Å². The van der Waals surface area contributed by atoms with E-state index >= 15 is 0 Å². The summed E-state index contributed by atoms with van der Waals surface area (Å²) < 4.78 is 5.72. The van der Waals surface area contributed by atoms with Crippen molar-refractivity contribution in [2.24, 2.45) is 0 Å². The number of rotatable bonds is 2. The van der Waals surface area contributed by atoms with Crippen molar-refractivity contribution in [3.05, 3.63) is 60.7 Å². The Morgan fingerprint density at radius 2 is 1.47 bits per heavy atom. The molecule has 0 unspecified atom stereocenters. The number of benzene rings is 3. The second-order valence-electron chi connectivity index (χ2n) is 4.23. The fourth-order valence-corrected chi connectivity index (χ4v) is 1.97. The zero-order valence-corrected chi connectivity index (χ0v) is 10.1. The molecule has 0 bridgehead atoms. The minimum Gasteiger partial charge on any atom is -0.508 e. The van der Waals surface area contributed by atoms with Crippen LogP contribution < -0.4 is 4.74 Å². The summed E-state index contributed by atoms with van der Waals surface area (Å²) in [5, 5.41) is 21.0. The lowest BCUT2D eigenvalue weighted by molar-refractivity contribution is 0.414. The predicted molar refractivity (Wildman–Crippen MR) is 73.8 cm³/mol. The number of aromatic hydroxyl groups is 2. The van der Waals surface area contributed by atoms with Crippen LogP contribution in [0.5, 0.6) is 23.0 Å². The van der Waals surface area contributed by atoms with Crippen LogP contribution in [0, 0.1) is 0 Å². The molecule has 0 amide bonds. The molecular weight excluding hydrogens is 240 g/mol. The van der Waals surface area contributed by atoms with E-state index < -0.39 is 0 Å². The molecule has 0 aliphatic rings. The van der Waals surface area contributed by atoms with Gasteiger partial charge in [0, 0.05) is 5.39 Å². The van der Waals surface area contributed by atoms with E-state index in [2.05, 4.69) is 0 Å². The van der Waals surface area contributed by atoms with Crippen LogP contribution in [0.15, 0.2) is 60.7 Å². The van der Waals surface area contributed by atoms with Gasteiger partial charge in [0.05, 0.1) is 0 Å². The van der Waals surface area contributed by atoms with Crippen molar-refractivity contribution in [1.82, 2.24) is 0 Å². The first-order chi connectivity index (χ1) is 9.24. The van der Waals surface area contributed by atoms with Crippen molar-refractivity contribution < 1.29 is 14.9 Å². The van der Waals surface area contributed by atoms with Crippen molar-refractivity contribution >= 4 is 10.8 Å². The van der Waals surface area contributed by atoms with Gasteiger partial charge in [0.2, 0.25) is 0 Å². The Labute approximate surface area is 110 Å². The summed E-state index contributed by atoms with van der Waals surface area (Å²) in [5.74, 6) is 1.24. The molecule has 3 heteroatoms. The largest absolute Gasteiger partial charge is 0.508 e. The molecule has 0 atom stereocenters. The monoisotopic (exact) mass is 252 g/mol. The van der Waals surface area contributed by atoms with Gasteiger partial charge < -0.3 is 14.9 Å². The van der Waals surface area contributed by atoms with Gasteiger partial charge in [0.25, 0.3) is 0 Å². The van der Waals surface area contributed by atoms with Gasteiger partial charge in [-0.15, -0.1) is 0 Å². The summed E-state index contributed by atoms with van der Waals surface area (Å²) in [5.41, 5.74) is 0. The van der Waals surface area contributed by atoms with Crippen LogP contribution in [0.25, 0.3) is 10.8 Å². The summed E-state index contributed by atoms with van der Waals surface area (Å²) in [6.07, 6.45) is 0. The molecule has 0 saturated carbocycles. The Morgan fingerprint density at radius 1 is 0.737 bits per heavy atom. The van der Waals surface area contributed by atoms with Gasteiger partial charge in [-0.2, -0.15) is 0 Å². The first-order valence-electron chi connectivity index (χ1n) is 5.91. The number of ether oxygens (including phenoxy) is 1. The summed E-state index contributed by atoms with van der Waals surface area (Å²) in [6.45, 7) is 0. The molecule has 3 aromatic rings. The number of hydrogen-bond acceptors (Lipinski definition) is 3. The van der Waals surface area contributed by atoms with Crippen molar-refractivity contribution in [3.8, 4) is 23.0 Å². The molecule has 0 fully saturated rings. The standard InChI is InChI=1S/C16H12O3/c17-12-6-8-13(9-7-12)19-16-14-4-2-1-3-11(14)5-10-15(16)18/h1-10,17-18H. The van der Waals surface area contributed by atoms with Crippen LogP contribution in [0.4, 0.5) is 0 Å². The predicted octanol–water partition coefficient (Wildman–Crippen LogP) is 4.04. The third kappa shape index (κ3) is 2.18. The number of hydrogen-bond donors (Lipinski definition) is 2. The summed E-state index contributed by atoms with van der Waals surface area (Å²) in [7, 11) is 0. The molecule has 3 nitrogen and oxygen atoms in total. The highest BCUT2D eigenvalue weighted by Crippen LogP contribution is 2.37. The molecule has 2 N–H and O–H groups in total. The van der Waals surface area contributed by atoms with Gasteiger partial charge in [-0.3, -0.25) is 0 Å². The highest BCUT2D eigenvalue weighted by atomic mass is 16.5. The third-order valence-corrected chi connectivity index (χ3v) is 2.92. The highest BCUT2D eigenvalue weighted by molar-refractivity contribution is 5.90. The number of phenols is 2. The summed E-state index contributed by atoms with van der Waals surface area (Å²) in [6, 6.07) is 17.5. The maximum Gasteiger partial charge on any atom is 0.176 e. The molecule has 0 heterocycles. The first-order valence-corrected chi connectivity index (χ1v) is 5.91. The summed E-state index contributed by atoms with van der Waals surface area (Å²) in [4.78, 5) is 0. The lowest BCUT2D eigenvalue weighted by Gasteiger charge is -2.10. The van der Waals surface area contributed by atoms with Crippen LogP contribution >= 0.6 is 0 Å². The van der Waals surface area contributed by atoms with E-state index in [-0.39, 0.29) is 11.5 Å². The molecule has 0 aliphatic carbocycles. The number of fused-ring (bicyclic) bond motifs is 1. The quantitative estimate of drug-likeness (QED) is 0.723. The van der Waals surface area contributed by atoms with E-state index in [0.717, 1.165) is 10.8 Å². The van der Waals surface area contributed by atoms with Gasteiger partial charge in [-0.25, -0.2) is 0 Å². The lowest BCUT2D eigenvalue weighted by atomic mass is 10.1. The van der Waals surface area contributed by atoms with Crippen molar-refractivity contribution in [3.63, 3.8) is 0 Å². The maximum atomic E-state index is 9.95. The second-order valence-corrected chi connectivity index (χ2v) is 4.23. The van der Waals surface area contributed by atoms with E-state index in [1.54, 1.807) is 18.2 Å². The molecular formula is C16H12O3. The summed E-state index contributed by atoms with van der Waals surface area (Å²) >= 11 is 0. The van der Waals surface area contributed by atoms with Gasteiger partial charge in [0.15, 0.2) is 11.5 Å². The van der Waals surface area contributed by atoms with E-state index in [1.807, 2.05) is 30.3 Å². The average molecular weight is 252 g/mol. The van der Waals surface area contributed by atoms with E-state index in [1.165, 1.54) is 12.1 Å². The van der Waals surface area contributed by atoms with E-state index in [9.17, 15) is 10.2 Å². The zero-order chi connectivity index (χ0) is 13.2. The van der Waals surface area contributed by atoms with Gasteiger partial charge >= 0.3 is 0 Å². The van der Waals surface area contributed by atoms with Crippen molar-refractivity contribution in [2.75, 3.05) is 0 Å². The Bertz CT molecular complexity index is 718. The fraction of sp³-hybridized carbons (Fsp3) is 0. The van der Waals surface area contributed by atoms with E-state index in [0.29, 0.717) is 11.5 Å². The molecule has 0 aromatic heterocycles. The Hall–Kier alpha value is -2.68. The van der Waals surface area contributed by atoms with Crippen molar-refractivity contribution in [2.45, 2.75) is 0 Å². The molecule has 3 rings (SSSR count). The minimum absolute atomic E-state index is 0.0896. The molecule has 0 spiro atoms. The van der Waals surface area contributed by atoms with Crippen LogP contribution in [0.1, 0.15) is 0 Å². The third-order valence-electron chi connectivity index (χ3n) is 2.92. The molecule has 0 radical (unpaired) electrons. The lowest BCUT2D eigenvalue weighted by Crippen LogP contribution is -1.86. The molecule has 0 saturated heterocycles. The fourth-order valence-electron chi connectivity index (χ4n) is 1.97. The molecule has 0 aliphatic heterocycles. The van der Waals surface area contributed by atoms with Crippen LogP contribution in [-0.2, 0) is 0 Å². The van der Waals surface area contributed by atoms with Gasteiger partial charge in [-0.1, -0.05) is 30.3 Å². The minimum atomic E-state index is 0.0896.